The van der Waals surface area contributed by atoms with Gasteiger partial charge in [0.15, 0.2) is 11.5 Å². The fourth-order valence-corrected chi connectivity index (χ4v) is 3.79. The van der Waals surface area contributed by atoms with Gasteiger partial charge in [-0.25, -0.2) is 4.79 Å². The molecule has 2 amide bonds. The molecule has 0 aromatic heterocycles. The maximum absolute atomic E-state index is 12.7. The minimum atomic E-state index is -1.24. The summed E-state index contributed by atoms with van der Waals surface area (Å²) in [5, 5.41) is 9.73. The molecule has 0 saturated carbocycles. The Hall–Kier alpha value is -2.97. The zero-order valence-electron chi connectivity index (χ0n) is 15.5. The van der Waals surface area contributed by atoms with Crippen LogP contribution in [0.25, 0.3) is 6.08 Å². The van der Waals surface area contributed by atoms with Gasteiger partial charge < -0.3 is 14.6 Å². The number of thioether (sulfide) groups is 1. The van der Waals surface area contributed by atoms with Gasteiger partial charge in [0.25, 0.3) is 11.1 Å². The molecule has 1 aliphatic rings. The van der Waals surface area contributed by atoms with E-state index in [0.717, 1.165) is 22.2 Å². The average molecular weight is 434 g/mol. The highest BCUT2D eigenvalue weighted by molar-refractivity contribution is 8.18. The van der Waals surface area contributed by atoms with Gasteiger partial charge in [0.05, 0.1) is 25.7 Å². The molecule has 1 fully saturated rings. The highest BCUT2D eigenvalue weighted by Crippen LogP contribution is 2.38. The van der Waals surface area contributed by atoms with E-state index in [1.165, 1.54) is 32.4 Å². The number of hydrogen-bond donors (Lipinski definition) is 1. The van der Waals surface area contributed by atoms with Crippen LogP contribution >= 0.6 is 23.4 Å². The number of carboxylic acid groups (broad SMARTS) is 1. The molecule has 0 unspecified atom stereocenters. The maximum Gasteiger partial charge on any atom is 0.340 e. The first-order valence-corrected chi connectivity index (χ1v) is 9.53. The van der Waals surface area contributed by atoms with E-state index in [0.29, 0.717) is 5.02 Å². The number of carbonyl (C=O) groups is 3. The molecule has 7 nitrogen and oxygen atoms in total. The van der Waals surface area contributed by atoms with Crippen LogP contribution in [0.4, 0.5) is 4.79 Å². The van der Waals surface area contributed by atoms with Gasteiger partial charge in [0, 0.05) is 5.02 Å². The monoisotopic (exact) mass is 433 g/mol. The third kappa shape index (κ3) is 4.23. The van der Waals surface area contributed by atoms with Crippen molar-refractivity contribution in [2.24, 2.45) is 0 Å². The first kappa shape index (κ1) is 20.8. The topological polar surface area (TPSA) is 93.1 Å². The number of benzene rings is 2. The minimum Gasteiger partial charge on any atom is -0.493 e. The van der Waals surface area contributed by atoms with Crippen LogP contribution in [0.15, 0.2) is 41.3 Å². The second-order valence-corrected chi connectivity index (χ2v) is 7.39. The van der Waals surface area contributed by atoms with Crippen LogP contribution < -0.4 is 9.47 Å². The third-order valence-electron chi connectivity index (χ3n) is 4.21. The summed E-state index contributed by atoms with van der Waals surface area (Å²) >= 11 is 6.61. The summed E-state index contributed by atoms with van der Waals surface area (Å²) in [6, 6.07) is 9.84. The van der Waals surface area contributed by atoms with Gasteiger partial charge in [-0.15, -0.1) is 0 Å². The number of halogens is 1. The molecule has 0 spiro atoms. The summed E-state index contributed by atoms with van der Waals surface area (Å²) in [5.41, 5.74) is 0.818. The van der Waals surface area contributed by atoms with Gasteiger partial charge in [-0.1, -0.05) is 29.8 Å². The van der Waals surface area contributed by atoms with Gasteiger partial charge >= 0.3 is 5.97 Å². The Kier molecular flexibility index (Phi) is 6.14. The van der Waals surface area contributed by atoms with Gasteiger partial charge in [-0.2, -0.15) is 0 Å². The Labute approximate surface area is 175 Å². The van der Waals surface area contributed by atoms with E-state index >= 15 is 0 Å². The van der Waals surface area contributed by atoms with Crippen molar-refractivity contribution in [3.63, 3.8) is 0 Å². The van der Waals surface area contributed by atoms with Crippen LogP contribution in [0, 0.1) is 0 Å². The molecule has 0 bridgehead atoms. The number of imide groups is 1. The molecule has 29 heavy (non-hydrogen) atoms. The predicted molar refractivity (Wildman–Crippen MR) is 109 cm³/mol. The number of amides is 2. The number of rotatable bonds is 6. The standard InChI is InChI=1S/C20H16ClNO6S/c1-27-14-8-5-12(16(19(24)25)17(14)28-2)9-15-18(23)22(20(26)29-15)10-11-3-6-13(21)7-4-11/h3-9H,10H2,1-2H3,(H,24,25)/b15-9+. The van der Waals surface area contributed by atoms with Gasteiger partial charge in [0.2, 0.25) is 0 Å². The Morgan fingerprint density at radius 1 is 1.14 bits per heavy atom. The summed E-state index contributed by atoms with van der Waals surface area (Å²) < 4.78 is 10.3. The summed E-state index contributed by atoms with van der Waals surface area (Å²) in [4.78, 5) is 38.1. The number of nitrogens with zero attached hydrogens (tertiary/aromatic N) is 1. The molecule has 2 aromatic carbocycles. The molecule has 1 saturated heterocycles. The fourth-order valence-electron chi connectivity index (χ4n) is 2.83. The van der Waals surface area contributed by atoms with Crippen molar-refractivity contribution in [3.8, 4) is 11.5 Å². The summed E-state index contributed by atoms with van der Waals surface area (Å²) in [6.07, 6.45) is 1.37. The second-order valence-electron chi connectivity index (χ2n) is 5.96. The molecule has 1 aliphatic heterocycles. The highest BCUT2D eigenvalue weighted by atomic mass is 35.5. The van der Waals surface area contributed by atoms with E-state index in [4.69, 9.17) is 21.1 Å². The smallest absolute Gasteiger partial charge is 0.340 e. The molecule has 0 radical (unpaired) electrons. The summed E-state index contributed by atoms with van der Waals surface area (Å²) in [6.45, 7) is 0.0941. The lowest BCUT2D eigenvalue weighted by Gasteiger charge is -2.13. The molecule has 0 aliphatic carbocycles. The normalized spacial score (nSPS) is 15.1. The van der Waals surface area contributed by atoms with Gasteiger partial charge in [-0.05, 0) is 47.2 Å². The van der Waals surface area contributed by atoms with E-state index in [2.05, 4.69) is 0 Å². The van der Waals surface area contributed by atoms with Crippen molar-refractivity contribution in [2.45, 2.75) is 6.54 Å². The molecule has 0 atom stereocenters. The zero-order valence-corrected chi connectivity index (χ0v) is 17.0. The van der Waals surface area contributed by atoms with Crippen molar-refractivity contribution >= 4 is 46.6 Å². The van der Waals surface area contributed by atoms with Crippen LogP contribution in [0.1, 0.15) is 21.5 Å². The lowest BCUT2D eigenvalue weighted by molar-refractivity contribution is -0.123. The van der Waals surface area contributed by atoms with Crippen molar-refractivity contribution < 1.29 is 29.0 Å². The Morgan fingerprint density at radius 2 is 1.83 bits per heavy atom. The largest absolute Gasteiger partial charge is 0.493 e. The lowest BCUT2D eigenvalue weighted by atomic mass is 10.0. The number of carbonyl (C=O) groups excluding carboxylic acids is 2. The Morgan fingerprint density at radius 3 is 2.41 bits per heavy atom. The molecule has 3 rings (SSSR count). The van der Waals surface area contributed by atoms with Crippen molar-refractivity contribution in [1.29, 1.82) is 0 Å². The SMILES string of the molecule is COc1ccc(/C=C2/SC(=O)N(Cc3ccc(Cl)cc3)C2=O)c(C(=O)O)c1OC. The van der Waals surface area contributed by atoms with Crippen molar-refractivity contribution in [2.75, 3.05) is 14.2 Å². The fraction of sp³-hybridized carbons (Fsp3) is 0.150. The van der Waals surface area contributed by atoms with E-state index < -0.39 is 17.1 Å². The predicted octanol–water partition coefficient (Wildman–Crippen LogP) is 4.29. The maximum atomic E-state index is 12.7. The minimum absolute atomic E-state index is 0.0362. The van der Waals surface area contributed by atoms with Gasteiger partial charge in [0.1, 0.15) is 5.56 Å². The average Bonchev–Trinajstić information content (AvgIpc) is 2.96. The zero-order chi connectivity index (χ0) is 21.1. The number of carboxylic acids is 1. The van der Waals surface area contributed by atoms with Crippen LogP contribution in [0.5, 0.6) is 11.5 Å². The van der Waals surface area contributed by atoms with Crippen molar-refractivity contribution in [3.05, 3.63) is 63.0 Å². The Balaban J connectivity index is 1.95. The van der Waals surface area contributed by atoms with E-state index in [9.17, 15) is 19.5 Å². The Bertz CT molecular complexity index is 1020. The molecule has 2 aromatic rings. The quantitative estimate of drug-likeness (QED) is 0.679. The van der Waals surface area contributed by atoms with Crippen LogP contribution in [-0.4, -0.2) is 41.3 Å². The van der Waals surface area contributed by atoms with Crippen molar-refractivity contribution in [1.82, 2.24) is 4.90 Å². The highest BCUT2D eigenvalue weighted by Gasteiger charge is 2.35. The van der Waals surface area contributed by atoms with Crippen LogP contribution in [0.3, 0.4) is 0 Å². The number of methoxy groups -OCH3 is 2. The molecule has 1 N–H and O–H groups in total. The van der Waals surface area contributed by atoms with E-state index in [-0.39, 0.29) is 34.1 Å². The second kappa shape index (κ2) is 8.59. The first-order valence-electron chi connectivity index (χ1n) is 8.33. The van der Waals surface area contributed by atoms with E-state index in [1.807, 2.05) is 0 Å². The summed E-state index contributed by atoms with van der Waals surface area (Å²) in [7, 11) is 2.72. The lowest BCUT2D eigenvalue weighted by Crippen LogP contribution is -2.27. The van der Waals surface area contributed by atoms with Crippen LogP contribution in [-0.2, 0) is 11.3 Å². The third-order valence-corrected chi connectivity index (χ3v) is 5.37. The molecular weight excluding hydrogens is 418 g/mol. The van der Waals surface area contributed by atoms with E-state index in [1.54, 1.807) is 24.3 Å². The molecule has 1 heterocycles. The number of ether oxygens (including phenoxy) is 2. The first-order chi connectivity index (χ1) is 13.8. The van der Waals surface area contributed by atoms with Crippen LogP contribution in [0.2, 0.25) is 5.02 Å². The number of aromatic carboxylic acids is 1. The van der Waals surface area contributed by atoms with Gasteiger partial charge in [-0.3, -0.25) is 14.5 Å². The molecule has 9 heteroatoms. The number of hydrogen-bond acceptors (Lipinski definition) is 6. The molecular formula is C20H16ClNO6S. The summed E-state index contributed by atoms with van der Waals surface area (Å²) in [5.74, 6) is -1.46. The molecule has 150 valence electrons.